The molecule has 106 valence electrons. The van der Waals surface area contributed by atoms with Gasteiger partial charge in [-0.05, 0) is 54.1 Å². The zero-order chi connectivity index (χ0) is 14.7. The van der Waals surface area contributed by atoms with Crippen LogP contribution in [0.2, 0.25) is 0 Å². The highest BCUT2D eigenvalue weighted by molar-refractivity contribution is 5.85. The number of aromatic hydroxyl groups is 1. The van der Waals surface area contributed by atoms with Crippen LogP contribution in [0.15, 0.2) is 54.7 Å². The largest absolute Gasteiger partial charge is 0.508 e. The fourth-order valence-corrected chi connectivity index (χ4v) is 2.11. The first-order valence-electron chi connectivity index (χ1n) is 6.74. The highest BCUT2D eigenvalue weighted by atomic mass is 16.5. The number of phenols is 1. The minimum absolute atomic E-state index is 0.229. The number of ether oxygens (including phenoxy) is 2. The Hall–Kier alpha value is -2.75. The quantitative estimate of drug-likeness (QED) is 0.781. The normalized spacial score (nSPS) is 10.5. The van der Waals surface area contributed by atoms with E-state index in [2.05, 4.69) is 4.98 Å². The molecule has 1 heterocycles. The first-order chi connectivity index (χ1) is 10.3. The van der Waals surface area contributed by atoms with E-state index in [1.807, 2.05) is 37.3 Å². The Morgan fingerprint density at radius 1 is 1.05 bits per heavy atom. The maximum atomic E-state index is 9.55. The molecule has 0 bridgehead atoms. The SMILES string of the molecule is CCOc1cccnc1Oc1ccc2ccc(O)cc2c1. The Balaban J connectivity index is 1.94. The van der Waals surface area contributed by atoms with Crippen LogP contribution in [0.25, 0.3) is 10.8 Å². The minimum Gasteiger partial charge on any atom is -0.508 e. The van der Waals surface area contributed by atoms with Crippen molar-refractivity contribution in [2.24, 2.45) is 0 Å². The lowest BCUT2D eigenvalue weighted by molar-refractivity contribution is 0.316. The molecule has 0 aliphatic carbocycles. The van der Waals surface area contributed by atoms with Gasteiger partial charge in [0.15, 0.2) is 5.75 Å². The molecule has 0 amide bonds. The Morgan fingerprint density at radius 2 is 1.90 bits per heavy atom. The molecule has 0 radical (unpaired) electrons. The van der Waals surface area contributed by atoms with Gasteiger partial charge in [0, 0.05) is 6.20 Å². The highest BCUT2D eigenvalue weighted by Gasteiger charge is 2.07. The lowest BCUT2D eigenvalue weighted by Crippen LogP contribution is -1.96. The number of fused-ring (bicyclic) bond motifs is 1. The summed E-state index contributed by atoms with van der Waals surface area (Å²) in [4.78, 5) is 4.19. The third-order valence-corrected chi connectivity index (χ3v) is 3.05. The summed E-state index contributed by atoms with van der Waals surface area (Å²) < 4.78 is 11.3. The molecule has 1 N–H and O–H groups in total. The predicted octanol–water partition coefficient (Wildman–Crippen LogP) is 4.13. The number of nitrogens with zero attached hydrogens (tertiary/aromatic N) is 1. The fourth-order valence-electron chi connectivity index (χ4n) is 2.11. The molecule has 0 atom stereocenters. The van der Waals surface area contributed by atoms with Crippen molar-refractivity contribution in [3.8, 4) is 23.1 Å². The average molecular weight is 281 g/mol. The van der Waals surface area contributed by atoms with Crippen LogP contribution in [0.5, 0.6) is 23.1 Å². The van der Waals surface area contributed by atoms with Crippen LogP contribution in [0, 0.1) is 0 Å². The predicted molar refractivity (Wildman–Crippen MR) is 81.1 cm³/mol. The van der Waals surface area contributed by atoms with Gasteiger partial charge in [0.25, 0.3) is 5.88 Å². The van der Waals surface area contributed by atoms with Crippen LogP contribution in [-0.4, -0.2) is 16.7 Å². The van der Waals surface area contributed by atoms with E-state index in [1.54, 1.807) is 24.4 Å². The molecule has 21 heavy (non-hydrogen) atoms. The van der Waals surface area contributed by atoms with Crippen LogP contribution in [-0.2, 0) is 0 Å². The zero-order valence-electron chi connectivity index (χ0n) is 11.6. The van der Waals surface area contributed by atoms with Crippen LogP contribution < -0.4 is 9.47 Å². The molecular weight excluding hydrogens is 266 g/mol. The van der Waals surface area contributed by atoms with Crippen molar-refractivity contribution in [2.45, 2.75) is 6.92 Å². The summed E-state index contributed by atoms with van der Waals surface area (Å²) in [6.07, 6.45) is 1.66. The fraction of sp³-hybridized carbons (Fsp3) is 0.118. The van der Waals surface area contributed by atoms with E-state index in [0.717, 1.165) is 10.8 Å². The molecule has 3 rings (SSSR count). The average Bonchev–Trinajstić information content (AvgIpc) is 2.49. The van der Waals surface area contributed by atoms with Gasteiger partial charge in [0.05, 0.1) is 6.61 Å². The lowest BCUT2D eigenvalue weighted by Gasteiger charge is -2.10. The molecule has 4 nitrogen and oxygen atoms in total. The molecule has 0 fully saturated rings. The Kier molecular flexibility index (Phi) is 3.60. The van der Waals surface area contributed by atoms with Crippen molar-refractivity contribution in [1.82, 2.24) is 4.98 Å². The molecule has 0 spiro atoms. The number of hydrogen-bond acceptors (Lipinski definition) is 4. The molecule has 0 aliphatic rings. The van der Waals surface area contributed by atoms with E-state index in [0.29, 0.717) is 24.0 Å². The molecule has 0 saturated carbocycles. The van der Waals surface area contributed by atoms with Gasteiger partial charge in [0.1, 0.15) is 11.5 Å². The van der Waals surface area contributed by atoms with Crippen molar-refractivity contribution in [2.75, 3.05) is 6.61 Å². The smallest absolute Gasteiger partial charge is 0.262 e. The van der Waals surface area contributed by atoms with Gasteiger partial charge in [-0.3, -0.25) is 0 Å². The van der Waals surface area contributed by atoms with Crippen molar-refractivity contribution >= 4 is 10.8 Å². The van der Waals surface area contributed by atoms with Crippen molar-refractivity contribution in [3.63, 3.8) is 0 Å². The van der Waals surface area contributed by atoms with Crippen molar-refractivity contribution in [3.05, 3.63) is 54.7 Å². The number of rotatable bonds is 4. The second-order valence-electron chi connectivity index (χ2n) is 4.54. The molecule has 2 aromatic carbocycles. The van der Waals surface area contributed by atoms with Gasteiger partial charge < -0.3 is 14.6 Å². The van der Waals surface area contributed by atoms with E-state index < -0.39 is 0 Å². The Morgan fingerprint density at radius 3 is 2.76 bits per heavy atom. The van der Waals surface area contributed by atoms with E-state index in [4.69, 9.17) is 9.47 Å². The van der Waals surface area contributed by atoms with Crippen molar-refractivity contribution in [1.29, 1.82) is 0 Å². The highest BCUT2D eigenvalue weighted by Crippen LogP contribution is 2.31. The maximum absolute atomic E-state index is 9.55. The van der Waals surface area contributed by atoms with E-state index in [-0.39, 0.29) is 5.75 Å². The van der Waals surface area contributed by atoms with Crippen molar-refractivity contribution < 1.29 is 14.6 Å². The molecule has 3 aromatic rings. The second-order valence-corrected chi connectivity index (χ2v) is 4.54. The summed E-state index contributed by atoms with van der Waals surface area (Å²) in [7, 11) is 0. The molecule has 0 aliphatic heterocycles. The van der Waals surface area contributed by atoms with Crippen LogP contribution in [0.1, 0.15) is 6.92 Å². The van der Waals surface area contributed by atoms with Gasteiger partial charge in [-0.1, -0.05) is 12.1 Å². The molecule has 0 saturated heterocycles. The van der Waals surface area contributed by atoms with Gasteiger partial charge in [-0.25, -0.2) is 4.98 Å². The summed E-state index contributed by atoms with van der Waals surface area (Å²) in [6, 6.07) is 14.5. The third kappa shape index (κ3) is 2.89. The summed E-state index contributed by atoms with van der Waals surface area (Å²) in [5.41, 5.74) is 0. The summed E-state index contributed by atoms with van der Waals surface area (Å²) in [5, 5.41) is 11.5. The molecule has 1 aromatic heterocycles. The number of phenolic OH excluding ortho intramolecular Hbond substituents is 1. The summed E-state index contributed by atoms with van der Waals surface area (Å²) >= 11 is 0. The third-order valence-electron chi connectivity index (χ3n) is 3.05. The number of aromatic nitrogens is 1. The molecule has 4 heteroatoms. The summed E-state index contributed by atoms with van der Waals surface area (Å²) in [5.74, 6) is 1.91. The van der Waals surface area contributed by atoms with Gasteiger partial charge >= 0.3 is 0 Å². The van der Waals surface area contributed by atoms with Gasteiger partial charge in [-0.2, -0.15) is 0 Å². The number of benzene rings is 2. The van der Waals surface area contributed by atoms with Crippen LogP contribution in [0.4, 0.5) is 0 Å². The minimum atomic E-state index is 0.229. The number of pyridine rings is 1. The van der Waals surface area contributed by atoms with Crippen LogP contribution >= 0.6 is 0 Å². The first kappa shape index (κ1) is 13.2. The zero-order valence-corrected chi connectivity index (χ0v) is 11.6. The maximum Gasteiger partial charge on any atom is 0.262 e. The van der Waals surface area contributed by atoms with Gasteiger partial charge in [-0.15, -0.1) is 0 Å². The van der Waals surface area contributed by atoms with Crippen LogP contribution in [0.3, 0.4) is 0 Å². The van der Waals surface area contributed by atoms with Gasteiger partial charge in [0.2, 0.25) is 0 Å². The van der Waals surface area contributed by atoms with E-state index in [9.17, 15) is 5.11 Å². The topological polar surface area (TPSA) is 51.6 Å². The van der Waals surface area contributed by atoms with E-state index in [1.165, 1.54) is 0 Å². The molecular formula is C17H15NO3. The lowest BCUT2D eigenvalue weighted by atomic mass is 10.1. The summed E-state index contributed by atoms with van der Waals surface area (Å²) in [6.45, 7) is 2.46. The first-order valence-corrected chi connectivity index (χ1v) is 6.74. The Labute approximate surface area is 122 Å². The molecule has 0 unspecified atom stereocenters. The monoisotopic (exact) mass is 281 g/mol. The Bertz CT molecular complexity index is 771. The van der Waals surface area contributed by atoms with E-state index >= 15 is 0 Å². The number of hydrogen-bond donors (Lipinski definition) is 1. The standard InChI is InChI=1S/C17H15NO3/c1-2-20-16-4-3-9-18-17(16)21-15-8-6-12-5-7-14(19)10-13(12)11-15/h3-11,19H,2H2,1H3. The second kappa shape index (κ2) is 5.71.